The van der Waals surface area contributed by atoms with E-state index in [1.54, 1.807) is 4.90 Å². The lowest BCUT2D eigenvalue weighted by atomic mass is 10.0. The standard InChI is InChI=1S/C15H22N2O/c1-3-17(2)15(18)11-16-10-13-6-4-5-7-14(13)12-8-9-12/h4-7,12,16H,3,8-11H2,1-2H3. The van der Waals surface area contributed by atoms with E-state index in [4.69, 9.17) is 0 Å². The van der Waals surface area contributed by atoms with E-state index in [-0.39, 0.29) is 5.91 Å². The summed E-state index contributed by atoms with van der Waals surface area (Å²) in [4.78, 5) is 13.4. The first-order chi connectivity index (χ1) is 8.72. The monoisotopic (exact) mass is 246 g/mol. The van der Waals surface area contributed by atoms with Gasteiger partial charge in [0.05, 0.1) is 6.54 Å². The number of hydrogen-bond donors (Lipinski definition) is 1. The molecule has 0 saturated heterocycles. The normalized spacial score (nSPS) is 14.6. The van der Waals surface area contributed by atoms with Crippen LogP contribution in [-0.2, 0) is 11.3 Å². The number of carbonyl (C=O) groups excluding carboxylic acids is 1. The van der Waals surface area contributed by atoms with Crippen molar-refractivity contribution in [2.45, 2.75) is 32.2 Å². The molecule has 0 aliphatic heterocycles. The van der Waals surface area contributed by atoms with Crippen LogP contribution in [0.2, 0.25) is 0 Å². The van der Waals surface area contributed by atoms with E-state index in [0.717, 1.165) is 19.0 Å². The van der Waals surface area contributed by atoms with Crippen molar-refractivity contribution in [2.24, 2.45) is 0 Å². The molecular formula is C15H22N2O. The summed E-state index contributed by atoms with van der Waals surface area (Å²) in [7, 11) is 1.84. The molecule has 0 heterocycles. The van der Waals surface area contributed by atoms with Gasteiger partial charge in [-0.15, -0.1) is 0 Å². The lowest BCUT2D eigenvalue weighted by molar-refractivity contribution is -0.128. The van der Waals surface area contributed by atoms with Gasteiger partial charge in [0.15, 0.2) is 0 Å². The van der Waals surface area contributed by atoms with E-state index in [1.807, 2.05) is 14.0 Å². The van der Waals surface area contributed by atoms with Crippen LogP contribution in [-0.4, -0.2) is 30.9 Å². The van der Waals surface area contributed by atoms with E-state index < -0.39 is 0 Å². The first kappa shape index (κ1) is 13.1. The van der Waals surface area contributed by atoms with Gasteiger partial charge in [0.2, 0.25) is 5.91 Å². The van der Waals surface area contributed by atoms with Crippen LogP contribution in [0, 0.1) is 0 Å². The van der Waals surface area contributed by atoms with Crippen LogP contribution in [0.15, 0.2) is 24.3 Å². The zero-order chi connectivity index (χ0) is 13.0. The number of rotatable bonds is 6. The number of benzene rings is 1. The Labute approximate surface area is 109 Å². The molecule has 3 heteroatoms. The lowest BCUT2D eigenvalue weighted by Gasteiger charge is -2.15. The molecule has 1 aliphatic rings. The van der Waals surface area contributed by atoms with Crippen molar-refractivity contribution in [3.05, 3.63) is 35.4 Å². The van der Waals surface area contributed by atoms with Crippen LogP contribution in [0.3, 0.4) is 0 Å². The molecule has 1 aliphatic carbocycles. The summed E-state index contributed by atoms with van der Waals surface area (Å²) in [6.45, 7) is 3.96. The average molecular weight is 246 g/mol. The Hall–Kier alpha value is -1.35. The van der Waals surface area contributed by atoms with Crippen molar-refractivity contribution >= 4 is 5.91 Å². The highest BCUT2D eigenvalue weighted by Crippen LogP contribution is 2.41. The third kappa shape index (κ3) is 3.33. The van der Waals surface area contributed by atoms with E-state index in [0.29, 0.717) is 6.54 Å². The molecule has 98 valence electrons. The van der Waals surface area contributed by atoms with Gasteiger partial charge in [0.25, 0.3) is 0 Å². The number of likely N-dealkylation sites (N-methyl/N-ethyl adjacent to an activating group) is 1. The predicted octanol–water partition coefficient (Wildman–Crippen LogP) is 2.13. The van der Waals surface area contributed by atoms with E-state index >= 15 is 0 Å². The number of hydrogen-bond acceptors (Lipinski definition) is 2. The SMILES string of the molecule is CCN(C)C(=O)CNCc1ccccc1C1CC1. The molecule has 0 bridgehead atoms. The summed E-state index contributed by atoms with van der Waals surface area (Å²) in [6.07, 6.45) is 2.63. The number of amides is 1. The molecule has 0 aromatic heterocycles. The van der Waals surface area contributed by atoms with Crippen LogP contribution in [0.4, 0.5) is 0 Å². The number of nitrogens with zero attached hydrogens (tertiary/aromatic N) is 1. The van der Waals surface area contributed by atoms with Crippen molar-refractivity contribution in [1.82, 2.24) is 10.2 Å². The van der Waals surface area contributed by atoms with Gasteiger partial charge in [0.1, 0.15) is 0 Å². The van der Waals surface area contributed by atoms with E-state index in [2.05, 4.69) is 29.6 Å². The Balaban J connectivity index is 1.85. The Morgan fingerprint density at radius 3 is 2.78 bits per heavy atom. The maximum atomic E-state index is 11.7. The minimum Gasteiger partial charge on any atom is -0.345 e. The van der Waals surface area contributed by atoms with Crippen LogP contribution in [0.5, 0.6) is 0 Å². The second-order valence-electron chi connectivity index (χ2n) is 4.98. The van der Waals surface area contributed by atoms with Crippen molar-refractivity contribution in [3.8, 4) is 0 Å². The molecule has 0 atom stereocenters. The molecule has 0 unspecified atom stereocenters. The second kappa shape index (κ2) is 6.01. The van der Waals surface area contributed by atoms with Gasteiger partial charge >= 0.3 is 0 Å². The first-order valence-corrected chi connectivity index (χ1v) is 6.75. The molecule has 0 spiro atoms. The maximum absolute atomic E-state index is 11.7. The van der Waals surface area contributed by atoms with Crippen LogP contribution >= 0.6 is 0 Å². The Morgan fingerprint density at radius 2 is 2.11 bits per heavy atom. The molecule has 0 radical (unpaired) electrons. The van der Waals surface area contributed by atoms with Gasteiger partial charge in [-0.05, 0) is 36.8 Å². The Bertz CT molecular complexity index is 413. The number of nitrogens with one attached hydrogen (secondary N) is 1. The quantitative estimate of drug-likeness (QED) is 0.834. The molecule has 1 N–H and O–H groups in total. The van der Waals surface area contributed by atoms with Crippen LogP contribution in [0.1, 0.15) is 36.8 Å². The van der Waals surface area contributed by atoms with Crippen LogP contribution < -0.4 is 5.32 Å². The van der Waals surface area contributed by atoms with Crippen molar-refractivity contribution in [3.63, 3.8) is 0 Å². The highest BCUT2D eigenvalue weighted by Gasteiger charge is 2.25. The molecule has 2 rings (SSSR count). The first-order valence-electron chi connectivity index (χ1n) is 6.75. The fourth-order valence-corrected chi connectivity index (χ4v) is 2.10. The molecular weight excluding hydrogens is 224 g/mol. The van der Waals surface area contributed by atoms with Crippen molar-refractivity contribution < 1.29 is 4.79 Å². The molecule has 1 saturated carbocycles. The predicted molar refractivity (Wildman–Crippen MR) is 73.4 cm³/mol. The van der Waals surface area contributed by atoms with E-state index in [9.17, 15) is 4.79 Å². The van der Waals surface area contributed by atoms with Crippen molar-refractivity contribution in [2.75, 3.05) is 20.1 Å². The topological polar surface area (TPSA) is 32.3 Å². The summed E-state index contributed by atoms with van der Waals surface area (Å²) < 4.78 is 0. The zero-order valence-electron chi connectivity index (χ0n) is 11.3. The third-order valence-electron chi connectivity index (χ3n) is 3.56. The third-order valence-corrected chi connectivity index (χ3v) is 3.56. The Morgan fingerprint density at radius 1 is 1.39 bits per heavy atom. The fourth-order valence-electron chi connectivity index (χ4n) is 2.10. The second-order valence-corrected chi connectivity index (χ2v) is 4.98. The number of carbonyl (C=O) groups is 1. The van der Waals surface area contributed by atoms with Crippen LogP contribution in [0.25, 0.3) is 0 Å². The summed E-state index contributed by atoms with van der Waals surface area (Å²) in [6, 6.07) is 8.55. The highest BCUT2D eigenvalue weighted by molar-refractivity contribution is 5.77. The molecule has 1 aromatic rings. The summed E-state index contributed by atoms with van der Waals surface area (Å²) in [5.41, 5.74) is 2.80. The van der Waals surface area contributed by atoms with Gasteiger partial charge in [0, 0.05) is 20.1 Å². The molecule has 1 amide bonds. The zero-order valence-corrected chi connectivity index (χ0v) is 11.3. The Kier molecular flexibility index (Phi) is 4.37. The minimum atomic E-state index is 0.154. The smallest absolute Gasteiger partial charge is 0.236 e. The van der Waals surface area contributed by atoms with Gasteiger partial charge in [-0.2, -0.15) is 0 Å². The summed E-state index contributed by atoms with van der Waals surface area (Å²) in [5.74, 6) is 0.915. The summed E-state index contributed by atoms with van der Waals surface area (Å²) >= 11 is 0. The molecule has 3 nitrogen and oxygen atoms in total. The largest absolute Gasteiger partial charge is 0.345 e. The minimum absolute atomic E-state index is 0.154. The fraction of sp³-hybridized carbons (Fsp3) is 0.533. The maximum Gasteiger partial charge on any atom is 0.236 e. The molecule has 18 heavy (non-hydrogen) atoms. The van der Waals surface area contributed by atoms with Crippen molar-refractivity contribution in [1.29, 1.82) is 0 Å². The highest BCUT2D eigenvalue weighted by atomic mass is 16.2. The molecule has 1 fully saturated rings. The lowest BCUT2D eigenvalue weighted by Crippen LogP contribution is -2.35. The van der Waals surface area contributed by atoms with Gasteiger partial charge < -0.3 is 10.2 Å². The van der Waals surface area contributed by atoms with Gasteiger partial charge in [-0.25, -0.2) is 0 Å². The van der Waals surface area contributed by atoms with E-state index in [1.165, 1.54) is 24.0 Å². The average Bonchev–Trinajstić information content (AvgIpc) is 3.22. The van der Waals surface area contributed by atoms with Gasteiger partial charge in [-0.1, -0.05) is 24.3 Å². The molecule has 1 aromatic carbocycles. The van der Waals surface area contributed by atoms with Gasteiger partial charge in [-0.3, -0.25) is 4.79 Å². The summed E-state index contributed by atoms with van der Waals surface area (Å²) in [5, 5.41) is 3.25.